The average molecular weight is 240 g/mol. The minimum Gasteiger partial charge on any atom is -0.481 e. The van der Waals surface area contributed by atoms with Gasteiger partial charge in [0.1, 0.15) is 0 Å². The number of benzene rings is 1. The third-order valence-corrected chi connectivity index (χ3v) is 1.97. The molecule has 0 unspecified atom stereocenters. The minimum absolute atomic E-state index is 0.833. The third kappa shape index (κ3) is 10.3. The largest absolute Gasteiger partial charge is 0.481 e. The second-order valence-electron chi connectivity index (χ2n) is 2.59. The van der Waals surface area contributed by atoms with Crippen LogP contribution in [0.3, 0.4) is 0 Å². The van der Waals surface area contributed by atoms with E-state index in [1.54, 1.807) is 5.41 Å². The zero-order valence-electron chi connectivity index (χ0n) is 8.66. The molecule has 4 nitrogen and oxygen atoms in total. The molecule has 16 heavy (non-hydrogen) atoms. The van der Waals surface area contributed by atoms with Crippen LogP contribution in [0.2, 0.25) is 0 Å². The highest BCUT2D eigenvalue weighted by molar-refractivity contribution is 8.02. The quantitative estimate of drug-likeness (QED) is 0.627. The van der Waals surface area contributed by atoms with E-state index in [4.69, 9.17) is 15.0 Å². The van der Waals surface area contributed by atoms with Crippen LogP contribution in [0.25, 0.3) is 0 Å². The Morgan fingerprint density at radius 1 is 1.19 bits per heavy atom. The topological polar surface area (TPSA) is 74.6 Å². The first-order chi connectivity index (χ1) is 7.52. The Morgan fingerprint density at radius 3 is 2.12 bits per heavy atom. The third-order valence-electron chi connectivity index (χ3n) is 1.16. The summed E-state index contributed by atoms with van der Waals surface area (Å²) in [5.74, 6) is -1.75. The fraction of sp³-hybridized carbons (Fsp3) is 0.0909. The number of thioether (sulfide) groups is 1. The SMILES string of the molecule is CC(=O)O.O=C(O)C=CSc1ccccc1. The Kier molecular flexibility index (Phi) is 7.61. The molecule has 0 saturated heterocycles. The van der Waals surface area contributed by atoms with Crippen LogP contribution in [0.5, 0.6) is 0 Å². The first-order valence-electron chi connectivity index (χ1n) is 4.33. The van der Waals surface area contributed by atoms with Crippen molar-refractivity contribution in [3.8, 4) is 0 Å². The van der Waals surface area contributed by atoms with E-state index in [-0.39, 0.29) is 0 Å². The summed E-state index contributed by atoms with van der Waals surface area (Å²) in [4.78, 5) is 20.1. The molecule has 0 atom stereocenters. The Morgan fingerprint density at radius 2 is 1.69 bits per heavy atom. The number of aliphatic carboxylic acids is 2. The zero-order chi connectivity index (χ0) is 12.4. The van der Waals surface area contributed by atoms with E-state index in [0.29, 0.717) is 0 Å². The predicted octanol–water partition coefficient (Wildman–Crippen LogP) is 2.47. The van der Waals surface area contributed by atoms with Gasteiger partial charge in [-0.2, -0.15) is 0 Å². The number of carbonyl (C=O) groups is 2. The highest BCUT2D eigenvalue weighted by atomic mass is 32.2. The first kappa shape index (κ1) is 14.2. The highest BCUT2D eigenvalue weighted by Crippen LogP contribution is 2.17. The van der Waals surface area contributed by atoms with Gasteiger partial charge in [-0.15, -0.1) is 0 Å². The van der Waals surface area contributed by atoms with Gasteiger partial charge in [0.15, 0.2) is 0 Å². The second kappa shape index (κ2) is 8.55. The number of hydrogen-bond acceptors (Lipinski definition) is 3. The molecule has 0 bridgehead atoms. The molecule has 1 aromatic carbocycles. The fourth-order valence-corrected chi connectivity index (χ4v) is 1.33. The maximum Gasteiger partial charge on any atom is 0.328 e. The maximum absolute atomic E-state index is 10.1. The molecule has 0 saturated carbocycles. The van der Waals surface area contributed by atoms with Crippen LogP contribution in [0, 0.1) is 0 Å². The van der Waals surface area contributed by atoms with E-state index >= 15 is 0 Å². The van der Waals surface area contributed by atoms with Crippen molar-refractivity contribution in [1.82, 2.24) is 0 Å². The Labute approximate surface area is 97.6 Å². The average Bonchev–Trinajstić information content (AvgIpc) is 2.18. The van der Waals surface area contributed by atoms with Crippen molar-refractivity contribution in [2.24, 2.45) is 0 Å². The molecule has 0 radical (unpaired) electrons. The van der Waals surface area contributed by atoms with Crippen LogP contribution in [-0.4, -0.2) is 22.2 Å². The van der Waals surface area contributed by atoms with Gasteiger partial charge >= 0.3 is 5.97 Å². The van der Waals surface area contributed by atoms with Gasteiger partial charge in [0, 0.05) is 17.9 Å². The van der Waals surface area contributed by atoms with Crippen molar-refractivity contribution in [3.05, 3.63) is 41.8 Å². The summed E-state index contributed by atoms with van der Waals surface area (Å²) >= 11 is 1.39. The molecule has 1 rings (SSSR count). The normalized spacial score (nSPS) is 9.31. The van der Waals surface area contributed by atoms with Crippen molar-refractivity contribution in [2.75, 3.05) is 0 Å². The lowest BCUT2D eigenvalue weighted by atomic mass is 10.4. The summed E-state index contributed by atoms with van der Waals surface area (Å²) in [7, 11) is 0. The van der Waals surface area contributed by atoms with E-state index in [9.17, 15) is 4.79 Å². The van der Waals surface area contributed by atoms with E-state index in [2.05, 4.69) is 0 Å². The van der Waals surface area contributed by atoms with Crippen molar-refractivity contribution in [2.45, 2.75) is 11.8 Å². The van der Waals surface area contributed by atoms with Crippen molar-refractivity contribution >= 4 is 23.7 Å². The lowest BCUT2D eigenvalue weighted by molar-refractivity contribution is -0.134. The summed E-state index contributed by atoms with van der Waals surface area (Å²) in [5, 5.41) is 17.3. The molecule has 0 spiro atoms. The van der Waals surface area contributed by atoms with Crippen LogP contribution in [0.15, 0.2) is 46.7 Å². The molecule has 0 heterocycles. The zero-order valence-corrected chi connectivity index (χ0v) is 9.48. The molecule has 0 aliphatic heterocycles. The summed E-state index contributed by atoms with van der Waals surface area (Å²) in [5.41, 5.74) is 0. The van der Waals surface area contributed by atoms with Crippen molar-refractivity contribution in [1.29, 1.82) is 0 Å². The molecule has 0 amide bonds. The van der Waals surface area contributed by atoms with Gasteiger partial charge in [-0.3, -0.25) is 4.79 Å². The first-order valence-corrected chi connectivity index (χ1v) is 5.21. The number of hydrogen-bond donors (Lipinski definition) is 2. The van der Waals surface area contributed by atoms with Crippen LogP contribution < -0.4 is 0 Å². The molecule has 86 valence electrons. The van der Waals surface area contributed by atoms with Gasteiger partial charge in [-0.05, 0) is 17.5 Å². The summed E-state index contributed by atoms with van der Waals surface area (Å²) in [6.45, 7) is 1.08. The Hall–Kier alpha value is -1.75. The minimum atomic E-state index is -0.918. The maximum atomic E-state index is 10.1. The Bertz CT molecular complexity index is 356. The van der Waals surface area contributed by atoms with E-state index in [0.717, 1.165) is 17.9 Å². The van der Waals surface area contributed by atoms with Gasteiger partial charge in [-0.25, -0.2) is 4.79 Å². The molecule has 0 aliphatic rings. The molecule has 0 aromatic heterocycles. The van der Waals surface area contributed by atoms with Crippen LogP contribution in [-0.2, 0) is 9.59 Å². The van der Waals surface area contributed by atoms with Crippen LogP contribution >= 0.6 is 11.8 Å². The smallest absolute Gasteiger partial charge is 0.328 e. The van der Waals surface area contributed by atoms with E-state index in [1.807, 2.05) is 30.3 Å². The molecule has 0 aliphatic carbocycles. The number of carboxylic acids is 2. The molecule has 1 aromatic rings. The van der Waals surface area contributed by atoms with Gasteiger partial charge in [-0.1, -0.05) is 30.0 Å². The molecular weight excluding hydrogens is 228 g/mol. The number of rotatable bonds is 3. The Balaban J connectivity index is 0.000000487. The lowest BCUT2D eigenvalue weighted by Gasteiger charge is -1.91. The summed E-state index contributed by atoms with van der Waals surface area (Å²) in [6, 6.07) is 9.60. The van der Waals surface area contributed by atoms with Gasteiger partial charge in [0.25, 0.3) is 5.97 Å². The van der Waals surface area contributed by atoms with Gasteiger partial charge in [0.2, 0.25) is 0 Å². The predicted molar refractivity (Wildman–Crippen MR) is 62.4 cm³/mol. The lowest BCUT2D eigenvalue weighted by Crippen LogP contribution is -1.84. The summed E-state index contributed by atoms with van der Waals surface area (Å²) in [6.07, 6.45) is 1.12. The standard InChI is InChI=1S/C9H8O2S.C2H4O2/c10-9(11)6-7-12-8-4-2-1-3-5-8;1-2(3)4/h1-7H,(H,10,11);1H3,(H,3,4). The van der Waals surface area contributed by atoms with Crippen LogP contribution in [0.4, 0.5) is 0 Å². The van der Waals surface area contributed by atoms with E-state index in [1.165, 1.54) is 11.8 Å². The highest BCUT2D eigenvalue weighted by Gasteiger charge is 1.88. The number of carboxylic acid groups (broad SMARTS) is 2. The fourth-order valence-electron chi connectivity index (χ4n) is 0.670. The molecule has 0 fully saturated rings. The van der Waals surface area contributed by atoms with Crippen molar-refractivity contribution in [3.63, 3.8) is 0 Å². The van der Waals surface area contributed by atoms with Crippen molar-refractivity contribution < 1.29 is 19.8 Å². The van der Waals surface area contributed by atoms with Gasteiger partial charge < -0.3 is 10.2 Å². The molecule has 2 N–H and O–H groups in total. The van der Waals surface area contributed by atoms with Crippen LogP contribution in [0.1, 0.15) is 6.92 Å². The second-order valence-corrected chi connectivity index (χ2v) is 3.57. The molecule has 5 heteroatoms. The van der Waals surface area contributed by atoms with E-state index < -0.39 is 11.9 Å². The molecular formula is C11H12O4S. The summed E-state index contributed by atoms with van der Waals surface area (Å²) < 4.78 is 0. The monoisotopic (exact) mass is 240 g/mol. The van der Waals surface area contributed by atoms with Gasteiger partial charge in [0.05, 0.1) is 0 Å².